The average Bonchev–Trinajstić information content (AvgIpc) is 3.41. The molecule has 1 heterocycles. The van der Waals surface area contributed by atoms with Gasteiger partial charge < -0.3 is 52.4 Å². The lowest BCUT2D eigenvalue weighted by molar-refractivity contribution is -0.143. The third-order valence-electron chi connectivity index (χ3n) is 7.87. The lowest BCUT2D eigenvalue weighted by atomic mass is 10.00. The molecule has 0 saturated carbocycles. The van der Waals surface area contributed by atoms with Crippen LogP contribution in [-0.4, -0.2) is 115 Å². The summed E-state index contributed by atoms with van der Waals surface area (Å²) in [5.41, 5.74) is 10.9. The normalized spacial score (nSPS) is 18.7. The van der Waals surface area contributed by atoms with Crippen LogP contribution in [0.3, 0.4) is 0 Å². The summed E-state index contributed by atoms with van der Waals surface area (Å²) >= 11 is 0. The van der Waals surface area contributed by atoms with Gasteiger partial charge in [0.25, 0.3) is 0 Å². The summed E-state index contributed by atoms with van der Waals surface area (Å²) in [6, 6.07) is -1.45. The van der Waals surface area contributed by atoms with E-state index in [2.05, 4.69) is 25.8 Å². The minimum absolute atomic E-state index is 0.0736. The van der Waals surface area contributed by atoms with E-state index < -0.39 is 91.6 Å². The molecule has 20 nitrogen and oxygen atoms in total. The average molecular weight is 758 g/mol. The number of aliphatic hydroxyl groups is 2. The third kappa shape index (κ3) is 14.2. The first-order chi connectivity index (χ1) is 24.1. The fraction of sp³-hybridized carbons (Fsp3) is 0.581. The Morgan fingerprint density at radius 3 is 2.02 bits per heavy atom. The van der Waals surface area contributed by atoms with E-state index in [0.29, 0.717) is 5.56 Å². The number of carbonyl (C=O) groups excluding carboxylic acids is 7. The zero-order valence-corrected chi connectivity index (χ0v) is 30.1. The highest BCUT2D eigenvalue weighted by Crippen LogP contribution is 2.37. The number of nitrogens with one attached hydrogen (secondary N) is 4. The number of likely N-dealkylation sites (tertiary alicyclic amines) is 1. The number of phosphoric ester groups is 1. The van der Waals surface area contributed by atoms with Crippen LogP contribution in [0.2, 0.25) is 0 Å². The molecule has 12 N–H and O–H groups in total. The van der Waals surface area contributed by atoms with Crippen LogP contribution in [-0.2, 0) is 44.5 Å². The van der Waals surface area contributed by atoms with Crippen LogP contribution in [0.1, 0.15) is 58.9 Å². The molecule has 21 heteroatoms. The maximum Gasteiger partial charge on any atom is 0.524 e. The van der Waals surface area contributed by atoms with Crippen LogP contribution in [0.15, 0.2) is 24.3 Å². The van der Waals surface area contributed by atoms with Gasteiger partial charge in [-0.2, -0.15) is 0 Å². The summed E-state index contributed by atoms with van der Waals surface area (Å²) in [5, 5.41) is 30.2. The zero-order chi connectivity index (χ0) is 39.5. The van der Waals surface area contributed by atoms with Crippen LogP contribution < -0.4 is 37.3 Å². The number of β-amino-alcohol motifs (C(OH)–C–C–N with tert-alkyl or cyclic N) is 1. The number of hydrogen-bond acceptors (Lipinski definition) is 11. The maximum atomic E-state index is 14.0. The number of rotatable bonds is 19. The van der Waals surface area contributed by atoms with Crippen molar-refractivity contribution in [2.45, 2.75) is 102 Å². The Morgan fingerprint density at radius 2 is 1.52 bits per heavy atom. The number of primary amides is 2. The predicted molar refractivity (Wildman–Crippen MR) is 181 cm³/mol. The molecule has 0 bridgehead atoms. The number of phosphoric acid groups is 1. The number of carbonyl (C=O) groups is 7. The number of amides is 7. The van der Waals surface area contributed by atoms with Gasteiger partial charge in [0.15, 0.2) is 0 Å². The van der Waals surface area contributed by atoms with Crippen LogP contribution in [0.4, 0.5) is 0 Å². The van der Waals surface area contributed by atoms with E-state index in [1.165, 1.54) is 38.1 Å². The van der Waals surface area contributed by atoms with Crippen molar-refractivity contribution in [1.82, 2.24) is 26.2 Å². The smallest absolute Gasteiger partial charge is 0.404 e. The molecular weight excluding hydrogens is 709 g/mol. The molecule has 1 aliphatic rings. The Kier molecular flexibility index (Phi) is 16.1. The van der Waals surface area contributed by atoms with E-state index in [4.69, 9.17) is 21.3 Å². The van der Waals surface area contributed by atoms with Crippen molar-refractivity contribution in [1.29, 1.82) is 0 Å². The van der Waals surface area contributed by atoms with E-state index >= 15 is 0 Å². The first kappa shape index (κ1) is 43.5. The van der Waals surface area contributed by atoms with E-state index in [1.807, 2.05) is 0 Å². The van der Waals surface area contributed by atoms with Crippen LogP contribution in [0, 0.1) is 5.92 Å². The summed E-state index contributed by atoms with van der Waals surface area (Å²) in [4.78, 5) is 109. The van der Waals surface area contributed by atoms with Crippen molar-refractivity contribution >= 4 is 49.2 Å². The molecule has 7 amide bonds. The largest absolute Gasteiger partial charge is 0.524 e. The molecule has 2 rings (SSSR count). The number of nitrogens with zero attached hydrogens (tertiary/aromatic N) is 1. The second kappa shape index (κ2) is 19.3. The van der Waals surface area contributed by atoms with Gasteiger partial charge in [0.2, 0.25) is 41.4 Å². The SMILES string of the molecule is CC(=O)N[C@@H](Cc1ccc(OP(=O)(O)O)cc1)C(=O)N[C@@H](CC(C)C)C(=O)N1C[C@H](O)C[C@H]1C(=O)N[C@@H](CCC(N)=O)C(=O)N[C@H](C(N)=O)[C@@H](C)O. The molecule has 1 aromatic carbocycles. The maximum absolute atomic E-state index is 14.0. The monoisotopic (exact) mass is 757 g/mol. The highest BCUT2D eigenvalue weighted by Gasteiger charge is 2.43. The molecule has 0 radical (unpaired) electrons. The van der Waals surface area contributed by atoms with E-state index in [0.717, 1.165) is 4.90 Å². The van der Waals surface area contributed by atoms with Gasteiger partial charge in [-0.15, -0.1) is 0 Å². The van der Waals surface area contributed by atoms with Gasteiger partial charge in [0.1, 0.15) is 36.0 Å². The first-order valence-electron chi connectivity index (χ1n) is 16.3. The van der Waals surface area contributed by atoms with Crippen molar-refractivity contribution < 1.29 is 62.7 Å². The molecule has 0 spiro atoms. The van der Waals surface area contributed by atoms with Gasteiger partial charge in [-0.3, -0.25) is 43.3 Å². The van der Waals surface area contributed by atoms with E-state index in [9.17, 15) is 48.3 Å². The quantitative estimate of drug-likeness (QED) is 0.0623. The molecule has 0 unspecified atom stereocenters. The fourth-order valence-corrected chi connectivity index (χ4v) is 5.89. The number of benzene rings is 1. The summed E-state index contributed by atoms with van der Waals surface area (Å²) in [6.07, 6.45) is -3.54. The number of hydrogen-bond donors (Lipinski definition) is 10. The molecule has 1 aliphatic heterocycles. The van der Waals surface area contributed by atoms with E-state index in [1.54, 1.807) is 13.8 Å². The fourth-order valence-electron chi connectivity index (χ4n) is 5.49. The van der Waals surface area contributed by atoms with Crippen LogP contribution >= 0.6 is 7.82 Å². The summed E-state index contributed by atoms with van der Waals surface area (Å²) < 4.78 is 15.7. The predicted octanol–water partition coefficient (Wildman–Crippen LogP) is -3.20. The standard InChI is InChI=1S/C31H48N7O13P/c1-15(2)11-23(36-29(45)22(34-17(4)40)12-18-5-7-20(8-6-18)51-52(48,49)50)31(47)38-14-19(41)13-24(38)30(46)35-21(9-10-25(32)42)28(44)37-26(16(3)39)27(33)43/h5-8,15-16,19,21-24,26,39,41H,9-14H2,1-4H3,(H2,32,42)(H2,33,43)(H,34,40)(H,35,46)(H,36,45)(H,37,44)(H2,48,49,50)/t16-,19-,21+,22+,23+,24+,26+/m1/s1. The zero-order valence-electron chi connectivity index (χ0n) is 29.2. The number of aliphatic hydroxyl groups excluding tert-OH is 2. The molecule has 0 aromatic heterocycles. The lowest BCUT2D eigenvalue weighted by Crippen LogP contribution is -2.59. The highest BCUT2D eigenvalue weighted by atomic mass is 31.2. The Bertz CT molecular complexity index is 1520. The van der Waals surface area contributed by atoms with Crippen molar-refractivity contribution in [3.05, 3.63) is 29.8 Å². The molecule has 1 fully saturated rings. The number of nitrogens with two attached hydrogens (primary N) is 2. The summed E-state index contributed by atoms with van der Waals surface area (Å²) in [6.45, 7) is 5.61. The van der Waals surface area contributed by atoms with Gasteiger partial charge >= 0.3 is 7.82 Å². The van der Waals surface area contributed by atoms with Gasteiger partial charge in [0.05, 0.1) is 12.2 Å². The molecular formula is C31H48N7O13P. The second-order valence-electron chi connectivity index (χ2n) is 13.0. The molecule has 1 aromatic rings. The van der Waals surface area contributed by atoms with Crippen molar-refractivity contribution in [2.24, 2.45) is 17.4 Å². The van der Waals surface area contributed by atoms with Crippen LogP contribution in [0.5, 0.6) is 5.75 Å². The Balaban J connectivity index is 2.31. The molecule has 290 valence electrons. The highest BCUT2D eigenvalue weighted by molar-refractivity contribution is 7.46. The molecule has 7 atom stereocenters. The Morgan fingerprint density at radius 1 is 0.923 bits per heavy atom. The second-order valence-corrected chi connectivity index (χ2v) is 14.1. The van der Waals surface area contributed by atoms with Gasteiger partial charge in [-0.1, -0.05) is 26.0 Å². The lowest BCUT2D eigenvalue weighted by Gasteiger charge is -2.31. The summed E-state index contributed by atoms with van der Waals surface area (Å²) in [7, 11) is -4.81. The minimum Gasteiger partial charge on any atom is -0.404 e. The van der Waals surface area contributed by atoms with Gasteiger partial charge in [0, 0.05) is 32.7 Å². The van der Waals surface area contributed by atoms with Gasteiger partial charge in [-0.05, 0) is 43.4 Å². The van der Waals surface area contributed by atoms with Gasteiger partial charge in [-0.25, -0.2) is 4.57 Å². The summed E-state index contributed by atoms with van der Waals surface area (Å²) in [5.74, 6) is -6.16. The van der Waals surface area contributed by atoms with Crippen LogP contribution in [0.25, 0.3) is 0 Å². The molecule has 0 aliphatic carbocycles. The van der Waals surface area contributed by atoms with E-state index in [-0.39, 0.29) is 50.3 Å². The first-order valence-corrected chi connectivity index (χ1v) is 17.9. The third-order valence-corrected chi connectivity index (χ3v) is 8.32. The molecule has 1 saturated heterocycles. The van der Waals surface area contributed by atoms with Crippen molar-refractivity contribution in [3.63, 3.8) is 0 Å². The molecule has 52 heavy (non-hydrogen) atoms. The van der Waals surface area contributed by atoms with Crippen molar-refractivity contribution in [2.75, 3.05) is 6.54 Å². The Hall–Kier alpha value is -4.62. The topological polar surface area (TPSA) is 330 Å². The Labute approximate surface area is 299 Å². The minimum atomic E-state index is -4.81. The van der Waals surface area contributed by atoms with Crippen molar-refractivity contribution in [3.8, 4) is 5.75 Å².